The fraction of sp³-hybridized carbons (Fsp3) is 0.542. The van der Waals surface area contributed by atoms with Crippen LogP contribution in [0, 0.1) is 12.8 Å². The minimum Gasteiger partial charge on any atom is -0.444 e. The van der Waals surface area contributed by atoms with E-state index in [9.17, 15) is 14.4 Å². The van der Waals surface area contributed by atoms with E-state index in [4.69, 9.17) is 4.74 Å². The monoisotopic (exact) mass is 429 g/mol. The molecular weight excluding hydrogens is 394 g/mol. The number of alkyl carbamates (subject to hydrolysis) is 1. The SMILES string of the molecule is Cc1ccc(/C=C/C(=O)NCC2CCN(C(=O)CCNC(=O)OC(C)(C)C)CC2)cc1. The maximum atomic E-state index is 12.3. The van der Waals surface area contributed by atoms with Crippen molar-refractivity contribution in [3.8, 4) is 0 Å². The lowest BCUT2D eigenvalue weighted by Crippen LogP contribution is -2.42. The highest BCUT2D eigenvalue weighted by molar-refractivity contribution is 5.91. The van der Waals surface area contributed by atoms with Gasteiger partial charge in [-0.05, 0) is 58.1 Å². The van der Waals surface area contributed by atoms with Crippen LogP contribution in [0.25, 0.3) is 6.08 Å². The third-order valence-corrected chi connectivity index (χ3v) is 5.04. The minimum atomic E-state index is -0.554. The molecule has 0 bridgehead atoms. The second kappa shape index (κ2) is 11.5. The predicted molar refractivity (Wildman–Crippen MR) is 121 cm³/mol. The molecule has 0 saturated carbocycles. The van der Waals surface area contributed by atoms with Gasteiger partial charge in [0, 0.05) is 38.7 Å². The fourth-order valence-electron chi connectivity index (χ4n) is 3.28. The second-order valence-electron chi connectivity index (χ2n) is 8.99. The molecule has 2 rings (SSSR count). The van der Waals surface area contributed by atoms with Crippen LogP contribution >= 0.6 is 0 Å². The van der Waals surface area contributed by atoms with E-state index < -0.39 is 11.7 Å². The van der Waals surface area contributed by atoms with Crippen molar-refractivity contribution in [1.29, 1.82) is 0 Å². The van der Waals surface area contributed by atoms with Crippen LogP contribution in [0.4, 0.5) is 4.79 Å². The zero-order chi connectivity index (χ0) is 22.9. The Bertz CT molecular complexity index is 773. The van der Waals surface area contributed by atoms with Gasteiger partial charge in [0.1, 0.15) is 5.60 Å². The van der Waals surface area contributed by atoms with Gasteiger partial charge in [0.2, 0.25) is 11.8 Å². The molecule has 1 saturated heterocycles. The number of aryl methyl sites for hydroxylation is 1. The lowest BCUT2D eigenvalue weighted by atomic mass is 9.96. The van der Waals surface area contributed by atoms with Gasteiger partial charge in [0.25, 0.3) is 0 Å². The molecule has 7 nitrogen and oxygen atoms in total. The second-order valence-corrected chi connectivity index (χ2v) is 8.99. The van der Waals surface area contributed by atoms with Crippen LogP contribution in [-0.4, -0.2) is 54.6 Å². The molecule has 170 valence electrons. The number of nitrogens with zero attached hydrogens (tertiary/aromatic N) is 1. The molecule has 1 aromatic carbocycles. The summed E-state index contributed by atoms with van der Waals surface area (Å²) >= 11 is 0. The van der Waals surface area contributed by atoms with E-state index in [1.54, 1.807) is 32.9 Å². The predicted octanol–water partition coefficient (Wildman–Crippen LogP) is 3.28. The smallest absolute Gasteiger partial charge is 0.407 e. The van der Waals surface area contributed by atoms with Gasteiger partial charge in [-0.1, -0.05) is 29.8 Å². The van der Waals surface area contributed by atoms with E-state index >= 15 is 0 Å². The molecule has 0 radical (unpaired) electrons. The highest BCUT2D eigenvalue weighted by Crippen LogP contribution is 2.17. The molecule has 0 aliphatic carbocycles. The summed E-state index contributed by atoms with van der Waals surface area (Å²) in [5, 5.41) is 5.57. The molecule has 1 fully saturated rings. The van der Waals surface area contributed by atoms with Crippen LogP contribution in [0.15, 0.2) is 30.3 Å². The number of ether oxygens (including phenoxy) is 1. The van der Waals surface area contributed by atoms with Crippen LogP contribution in [0.3, 0.4) is 0 Å². The topological polar surface area (TPSA) is 87.7 Å². The van der Waals surface area contributed by atoms with Gasteiger partial charge in [-0.2, -0.15) is 0 Å². The molecule has 7 heteroatoms. The highest BCUT2D eigenvalue weighted by Gasteiger charge is 2.23. The molecule has 2 N–H and O–H groups in total. The van der Waals surface area contributed by atoms with E-state index in [0.717, 1.165) is 18.4 Å². The van der Waals surface area contributed by atoms with Crippen LogP contribution < -0.4 is 10.6 Å². The number of carbonyl (C=O) groups excluding carboxylic acids is 3. The summed E-state index contributed by atoms with van der Waals surface area (Å²) in [5.41, 5.74) is 1.63. The third kappa shape index (κ3) is 9.68. The first kappa shape index (κ1) is 24.4. The molecule has 0 aromatic heterocycles. The summed E-state index contributed by atoms with van der Waals surface area (Å²) in [6.07, 6.45) is 4.82. The molecule has 1 aliphatic heterocycles. The van der Waals surface area contributed by atoms with E-state index in [-0.39, 0.29) is 24.8 Å². The molecule has 31 heavy (non-hydrogen) atoms. The van der Waals surface area contributed by atoms with Gasteiger partial charge in [-0.15, -0.1) is 0 Å². The summed E-state index contributed by atoms with van der Waals surface area (Å²) < 4.78 is 5.16. The maximum Gasteiger partial charge on any atom is 0.407 e. The van der Waals surface area contributed by atoms with Crippen LogP contribution in [0.2, 0.25) is 0 Å². The molecule has 1 heterocycles. The summed E-state index contributed by atoms with van der Waals surface area (Å²) in [5.74, 6) is 0.285. The fourth-order valence-corrected chi connectivity index (χ4v) is 3.28. The van der Waals surface area contributed by atoms with Crippen molar-refractivity contribution in [2.24, 2.45) is 5.92 Å². The number of likely N-dealkylation sites (tertiary alicyclic amines) is 1. The normalized spacial score (nSPS) is 15.0. The minimum absolute atomic E-state index is 0.0274. The average molecular weight is 430 g/mol. The zero-order valence-corrected chi connectivity index (χ0v) is 19.1. The molecule has 1 aromatic rings. The Kier molecular flexibility index (Phi) is 9.09. The Morgan fingerprint density at radius 2 is 1.74 bits per heavy atom. The lowest BCUT2D eigenvalue weighted by molar-refractivity contribution is -0.132. The summed E-state index contributed by atoms with van der Waals surface area (Å²) in [7, 11) is 0. The van der Waals surface area contributed by atoms with E-state index in [2.05, 4.69) is 10.6 Å². The molecule has 0 atom stereocenters. The quantitative estimate of drug-likeness (QED) is 0.651. The van der Waals surface area contributed by atoms with Gasteiger partial charge in [-0.25, -0.2) is 4.79 Å². The van der Waals surface area contributed by atoms with Crippen LogP contribution in [-0.2, 0) is 14.3 Å². The summed E-state index contributed by atoms with van der Waals surface area (Å²) in [6.45, 7) is 9.63. The number of benzene rings is 1. The highest BCUT2D eigenvalue weighted by atomic mass is 16.6. The van der Waals surface area contributed by atoms with Gasteiger partial charge in [0.05, 0.1) is 0 Å². The van der Waals surface area contributed by atoms with Gasteiger partial charge in [0.15, 0.2) is 0 Å². The first-order chi connectivity index (χ1) is 14.6. The molecule has 3 amide bonds. The Hall–Kier alpha value is -2.83. The number of nitrogens with one attached hydrogen (secondary N) is 2. The van der Waals surface area contributed by atoms with Crippen molar-refractivity contribution in [2.45, 2.75) is 52.6 Å². The van der Waals surface area contributed by atoms with Crippen molar-refractivity contribution >= 4 is 24.0 Å². The summed E-state index contributed by atoms with van der Waals surface area (Å²) in [6, 6.07) is 7.99. The average Bonchev–Trinajstić information content (AvgIpc) is 2.71. The molecule has 0 spiro atoms. The first-order valence-electron chi connectivity index (χ1n) is 10.9. The van der Waals surface area contributed by atoms with E-state index in [1.807, 2.05) is 36.1 Å². The standard InChI is InChI=1S/C24H35N3O4/c1-18-5-7-19(8-6-18)9-10-21(28)26-17-20-12-15-27(16-13-20)22(29)11-14-25-23(30)31-24(2,3)4/h5-10,20H,11-17H2,1-4H3,(H,25,30)(H,26,28)/b10-9+. The van der Waals surface area contributed by atoms with E-state index in [1.165, 1.54) is 5.56 Å². The van der Waals surface area contributed by atoms with Crippen LogP contribution in [0.5, 0.6) is 0 Å². The van der Waals surface area contributed by atoms with Crippen molar-refractivity contribution < 1.29 is 19.1 Å². The van der Waals surface area contributed by atoms with Gasteiger partial charge in [-0.3, -0.25) is 9.59 Å². The van der Waals surface area contributed by atoms with E-state index in [0.29, 0.717) is 25.6 Å². The lowest BCUT2D eigenvalue weighted by Gasteiger charge is -2.32. The number of hydrogen-bond donors (Lipinski definition) is 2. The zero-order valence-electron chi connectivity index (χ0n) is 19.1. The van der Waals surface area contributed by atoms with Gasteiger partial charge >= 0.3 is 6.09 Å². The van der Waals surface area contributed by atoms with Crippen molar-refractivity contribution in [2.75, 3.05) is 26.2 Å². The molecule has 0 unspecified atom stereocenters. The Morgan fingerprint density at radius 3 is 2.35 bits per heavy atom. The number of piperidine rings is 1. The first-order valence-corrected chi connectivity index (χ1v) is 10.9. The maximum absolute atomic E-state index is 12.3. The Labute approximate surface area is 185 Å². The third-order valence-electron chi connectivity index (χ3n) is 5.04. The van der Waals surface area contributed by atoms with Crippen molar-refractivity contribution in [3.63, 3.8) is 0 Å². The number of amides is 3. The van der Waals surface area contributed by atoms with Crippen molar-refractivity contribution in [3.05, 3.63) is 41.5 Å². The van der Waals surface area contributed by atoms with Crippen molar-refractivity contribution in [1.82, 2.24) is 15.5 Å². The number of hydrogen-bond acceptors (Lipinski definition) is 4. The molecule has 1 aliphatic rings. The molecular formula is C24H35N3O4. The summed E-state index contributed by atoms with van der Waals surface area (Å²) in [4.78, 5) is 37.8. The Balaban J connectivity index is 1.62. The Morgan fingerprint density at radius 1 is 1.10 bits per heavy atom. The number of rotatable bonds is 7. The van der Waals surface area contributed by atoms with Gasteiger partial charge < -0.3 is 20.3 Å². The number of carbonyl (C=O) groups is 3. The largest absolute Gasteiger partial charge is 0.444 e. The van der Waals surface area contributed by atoms with Crippen LogP contribution in [0.1, 0.15) is 51.2 Å².